The lowest BCUT2D eigenvalue weighted by Gasteiger charge is -2.00. The van der Waals surface area contributed by atoms with Crippen LogP contribution in [0.1, 0.15) is 30.6 Å². The fraction of sp³-hybridized carbons (Fsp3) is 0.714. The number of aryl methyl sites for hydroxylation is 1. The van der Waals surface area contributed by atoms with Gasteiger partial charge in [-0.05, 0) is 26.3 Å². The van der Waals surface area contributed by atoms with Crippen LogP contribution in [0.4, 0.5) is 0 Å². The van der Waals surface area contributed by atoms with Gasteiger partial charge in [0, 0.05) is 0 Å². The molecule has 1 N–H and O–H groups in total. The molecular formula is C7H11N3O. The summed E-state index contributed by atoms with van der Waals surface area (Å²) < 4.78 is 5.02. The minimum Gasteiger partial charge on any atom is -0.338 e. The molecule has 60 valence electrons. The molecule has 0 aliphatic carbocycles. The molecule has 11 heavy (non-hydrogen) atoms. The lowest BCUT2D eigenvalue weighted by molar-refractivity contribution is 0.342. The molecule has 1 atom stereocenters. The first kappa shape index (κ1) is 6.79. The highest BCUT2D eigenvalue weighted by atomic mass is 16.5. The smallest absolute Gasteiger partial charge is 0.243 e. The van der Waals surface area contributed by atoms with E-state index in [-0.39, 0.29) is 0 Å². The van der Waals surface area contributed by atoms with E-state index >= 15 is 0 Å². The predicted octanol–water partition coefficient (Wildman–Crippen LogP) is 0.803. The van der Waals surface area contributed by atoms with E-state index in [1.807, 2.05) is 6.92 Å². The summed E-state index contributed by atoms with van der Waals surface area (Å²) in [5.74, 6) is 1.45. The Morgan fingerprint density at radius 1 is 1.64 bits per heavy atom. The predicted molar refractivity (Wildman–Crippen MR) is 39.0 cm³/mol. The van der Waals surface area contributed by atoms with E-state index < -0.39 is 0 Å². The van der Waals surface area contributed by atoms with Crippen LogP contribution in [-0.2, 0) is 0 Å². The van der Waals surface area contributed by atoms with E-state index in [9.17, 15) is 0 Å². The fourth-order valence-electron chi connectivity index (χ4n) is 1.35. The van der Waals surface area contributed by atoms with Gasteiger partial charge in [-0.2, -0.15) is 4.98 Å². The van der Waals surface area contributed by atoms with Crippen LogP contribution in [0.5, 0.6) is 0 Å². The molecule has 4 heteroatoms. The van der Waals surface area contributed by atoms with Crippen LogP contribution in [0.25, 0.3) is 0 Å². The topological polar surface area (TPSA) is 51.0 Å². The standard InChI is InChI=1S/C7H11N3O/c1-5-9-7(11-10-5)6-3-2-4-8-6/h6,8H,2-4H2,1H3/t6-/m0/s1. The first-order chi connectivity index (χ1) is 5.36. The number of hydrogen-bond acceptors (Lipinski definition) is 4. The van der Waals surface area contributed by atoms with Crippen LogP contribution in [0, 0.1) is 6.92 Å². The maximum Gasteiger partial charge on any atom is 0.243 e. The van der Waals surface area contributed by atoms with Gasteiger partial charge < -0.3 is 9.84 Å². The van der Waals surface area contributed by atoms with Crippen LogP contribution in [-0.4, -0.2) is 16.7 Å². The van der Waals surface area contributed by atoms with Crippen LogP contribution in [0.15, 0.2) is 4.52 Å². The lowest BCUT2D eigenvalue weighted by atomic mass is 10.2. The van der Waals surface area contributed by atoms with Gasteiger partial charge >= 0.3 is 0 Å². The van der Waals surface area contributed by atoms with E-state index in [0.717, 1.165) is 18.9 Å². The second kappa shape index (κ2) is 2.62. The Morgan fingerprint density at radius 2 is 2.55 bits per heavy atom. The Hall–Kier alpha value is -0.900. The molecule has 0 bridgehead atoms. The average molecular weight is 153 g/mol. The highest BCUT2D eigenvalue weighted by Gasteiger charge is 2.21. The van der Waals surface area contributed by atoms with Crippen molar-refractivity contribution in [2.24, 2.45) is 0 Å². The number of aromatic nitrogens is 2. The average Bonchev–Trinajstić information content (AvgIpc) is 2.55. The van der Waals surface area contributed by atoms with Crippen molar-refractivity contribution in [3.8, 4) is 0 Å². The normalized spacial score (nSPS) is 24.3. The first-order valence-corrected chi connectivity index (χ1v) is 3.90. The lowest BCUT2D eigenvalue weighted by Crippen LogP contribution is -2.12. The third-order valence-corrected chi connectivity index (χ3v) is 1.90. The van der Waals surface area contributed by atoms with Crippen LogP contribution in [0.3, 0.4) is 0 Å². The molecule has 0 aromatic carbocycles. The number of rotatable bonds is 1. The van der Waals surface area contributed by atoms with Gasteiger partial charge in [0.25, 0.3) is 0 Å². The van der Waals surface area contributed by atoms with Crippen LogP contribution < -0.4 is 5.32 Å². The zero-order valence-electron chi connectivity index (χ0n) is 6.50. The first-order valence-electron chi connectivity index (χ1n) is 3.90. The van der Waals surface area contributed by atoms with Crippen molar-refractivity contribution in [1.82, 2.24) is 15.5 Å². The largest absolute Gasteiger partial charge is 0.338 e. The summed E-state index contributed by atoms with van der Waals surface area (Å²) in [5, 5.41) is 7.03. The number of hydrogen-bond donors (Lipinski definition) is 1. The molecule has 0 spiro atoms. The molecule has 1 aliphatic heterocycles. The molecule has 1 aromatic rings. The molecule has 0 amide bonds. The van der Waals surface area contributed by atoms with Crippen molar-refractivity contribution in [2.45, 2.75) is 25.8 Å². The third-order valence-electron chi connectivity index (χ3n) is 1.90. The third kappa shape index (κ3) is 1.26. The van der Waals surface area contributed by atoms with E-state index in [1.165, 1.54) is 6.42 Å². The van der Waals surface area contributed by atoms with Crippen molar-refractivity contribution in [2.75, 3.05) is 6.54 Å². The van der Waals surface area contributed by atoms with Gasteiger partial charge in [0.15, 0.2) is 5.82 Å². The molecule has 1 saturated heterocycles. The minimum absolute atomic E-state index is 0.302. The Morgan fingerprint density at radius 3 is 3.09 bits per heavy atom. The summed E-state index contributed by atoms with van der Waals surface area (Å²) in [6.45, 7) is 2.90. The molecule has 0 radical (unpaired) electrons. The molecule has 0 unspecified atom stereocenters. The number of nitrogens with one attached hydrogen (secondary N) is 1. The fourth-order valence-corrected chi connectivity index (χ4v) is 1.35. The molecule has 1 aliphatic rings. The second-order valence-corrected chi connectivity index (χ2v) is 2.83. The van der Waals surface area contributed by atoms with Gasteiger partial charge in [-0.3, -0.25) is 0 Å². The number of nitrogens with zero attached hydrogens (tertiary/aromatic N) is 2. The van der Waals surface area contributed by atoms with Gasteiger partial charge in [0.2, 0.25) is 5.89 Å². The van der Waals surface area contributed by atoms with Crippen molar-refractivity contribution >= 4 is 0 Å². The minimum atomic E-state index is 0.302. The summed E-state index contributed by atoms with van der Waals surface area (Å²) in [7, 11) is 0. The summed E-state index contributed by atoms with van der Waals surface area (Å²) in [6.07, 6.45) is 2.31. The Kier molecular flexibility index (Phi) is 1.62. The Bertz CT molecular complexity index is 240. The zero-order chi connectivity index (χ0) is 7.68. The molecule has 0 saturated carbocycles. The van der Waals surface area contributed by atoms with Crippen LogP contribution >= 0.6 is 0 Å². The van der Waals surface area contributed by atoms with Crippen molar-refractivity contribution < 1.29 is 4.52 Å². The quantitative estimate of drug-likeness (QED) is 0.648. The van der Waals surface area contributed by atoms with Gasteiger partial charge in [-0.25, -0.2) is 0 Å². The molecule has 1 aromatic heterocycles. The van der Waals surface area contributed by atoms with Crippen molar-refractivity contribution in [1.29, 1.82) is 0 Å². The molecule has 1 fully saturated rings. The zero-order valence-corrected chi connectivity index (χ0v) is 6.50. The highest BCUT2D eigenvalue weighted by Crippen LogP contribution is 2.20. The maximum absolute atomic E-state index is 5.02. The van der Waals surface area contributed by atoms with Crippen LogP contribution in [0.2, 0.25) is 0 Å². The molecule has 4 nitrogen and oxygen atoms in total. The monoisotopic (exact) mass is 153 g/mol. The molecular weight excluding hydrogens is 142 g/mol. The van der Waals surface area contributed by atoms with Crippen molar-refractivity contribution in [3.05, 3.63) is 11.7 Å². The maximum atomic E-state index is 5.02. The van der Waals surface area contributed by atoms with E-state index in [2.05, 4.69) is 15.5 Å². The SMILES string of the molecule is Cc1noc([C@@H]2CCCN2)n1. The van der Waals surface area contributed by atoms with Gasteiger partial charge in [0.1, 0.15) is 0 Å². The molecule has 2 rings (SSSR count). The summed E-state index contributed by atoms with van der Waals surface area (Å²) in [4.78, 5) is 4.15. The second-order valence-electron chi connectivity index (χ2n) is 2.83. The summed E-state index contributed by atoms with van der Waals surface area (Å²) in [6, 6.07) is 0.302. The van der Waals surface area contributed by atoms with Gasteiger partial charge in [-0.15, -0.1) is 0 Å². The summed E-state index contributed by atoms with van der Waals surface area (Å²) >= 11 is 0. The van der Waals surface area contributed by atoms with Gasteiger partial charge in [-0.1, -0.05) is 5.16 Å². The molecule has 2 heterocycles. The Balaban J connectivity index is 2.15. The van der Waals surface area contributed by atoms with E-state index in [4.69, 9.17) is 4.52 Å². The van der Waals surface area contributed by atoms with E-state index in [1.54, 1.807) is 0 Å². The Labute approximate surface area is 65.0 Å². The van der Waals surface area contributed by atoms with Crippen molar-refractivity contribution in [3.63, 3.8) is 0 Å². The van der Waals surface area contributed by atoms with Gasteiger partial charge in [0.05, 0.1) is 6.04 Å². The van der Waals surface area contributed by atoms with E-state index in [0.29, 0.717) is 11.9 Å². The summed E-state index contributed by atoms with van der Waals surface area (Å²) in [5.41, 5.74) is 0. The highest BCUT2D eigenvalue weighted by molar-refractivity contribution is 4.93.